The Labute approximate surface area is 197 Å². The molecule has 0 bridgehead atoms. The van der Waals surface area contributed by atoms with Crippen LogP contribution in [-0.2, 0) is 31.4 Å². The molecule has 7 nitrogen and oxygen atoms in total. The maximum atomic E-state index is 13.7. The number of hydrogen-bond acceptors (Lipinski definition) is 5. The first-order chi connectivity index (χ1) is 16.7. The molecule has 3 heterocycles. The first kappa shape index (κ1) is 20.6. The van der Waals surface area contributed by atoms with Gasteiger partial charge in [-0.1, -0.05) is 36.4 Å². The van der Waals surface area contributed by atoms with E-state index < -0.39 is 6.10 Å². The molecule has 1 unspecified atom stereocenters. The standard InChI is InChI=1S/C27H25N3O4/c1-29-21-7-3-2-6-20(21)28-26(29)16-30(15-18-10-11-22-19(14-18)12-13-32-22)27(31)25-17-33-23-8-4-5-9-24(23)34-25/h2-11,14,25H,12-13,15-17H2,1H3. The summed E-state index contributed by atoms with van der Waals surface area (Å²) in [6.45, 7) is 1.68. The number of carbonyl (C=O) groups is 1. The Morgan fingerprint density at radius 3 is 2.71 bits per heavy atom. The first-order valence-corrected chi connectivity index (χ1v) is 11.5. The van der Waals surface area contributed by atoms with E-state index in [1.165, 1.54) is 5.56 Å². The average molecular weight is 456 g/mol. The van der Waals surface area contributed by atoms with Gasteiger partial charge in [0.05, 0.1) is 24.2 Å². The minimum Gasteiger partial charge on any atom is -0.493 e. The second kappa shape index (κ2) is 8.41. The normalized spacial score (nSPS) is 16.2. The third-order valence-corrected chi connectivity index (χ3v) is 6.44. The van der Waals surface area contributed by atoms with Gasteiger partial charge in [-0.2, -0.15) is 0 Å². The Balaban J connectivity index is 1.31. The minimum absolute atomic E-state index is 0.127. The van der Waals surface area contributed by atoms with Crippen molar-refractivity contribution in [3.8, 4) is 17.2 Å². The van der Waals surface area contributed by atoms with Crippen molar-refractivity contribution in [3.05, 3.63) is 83.7 Å². The molecule has 0 spiro atoms. The average Bonchev–Trinajstić information content (AvgIpc) is 3.47. The van der Waals surface area contributed by atoms with E-state index in [9.17, 15) is 4.79 Å². The molecule has 172 valence electrons. The Morgan fingerprint density at radius 2 is 1.82 bits per heavy atom. The number of aromatic nitrogens is 2. The fraction of sp³-hybridized carbons (Fsp3) is 0.259. The van der Waals surface area contributed by atoms with Crippen LogP contribution >= 0.6 is 0 Å². The van der Waals surface area contributed by atoms with E-state index in [0.29, 0.717) is 31.2 Å². The maximum absolute atomic E-state index is 13.7. The number of rotatable bonds is 5. The van der Waals surface area contributed by atoms with E-state index in [1.54, 1.807) is 4.90 Å². The summed E-state index contributed by atoms with van der Waals surface area (Å²) in [6, 6.07) is 21.6. The van der Waals surface area contributed by atoms with Crippen LogP contribution in [0.2, 0.25) is 0 Å². The summed E-state index contributed by atoms with van der Waals surface area (Å²) in [6.07, 6.45) is 0.167. The lowest BCUT2D eigenvalue weighted by Crippen LogP contribution is -2.46. The Morgan fingerprint density at radius 1 is 1.00 bits per heavy atom. The van der Waals surface area contributed by atoms with E-state index >= 15 is 0 Å². The molecule has 1 aromatic heterocycles. The molecule has 34 heavy (non-hydrogen) atoms. The highest BCUT2D eigenvalue weighted by molar-refractivity contribution is 5.82. The summed E-state index contributed by atoms with van der Waals surface area (Å²) in [5.74, 6) is 2.86. The highest BCUT2D eigenvalue weighted by Gasteiger charge is 2.32. The molecule has 0 N–H and O–H groups in total. The van der Waals surface area contributed by atoms with Gasteiger partial charge >= 0.3 is 0 Å². The molecule has 4 aromatic rings. The van der Waals surface area contributed by atoms with Crippen molar-refractivity contribution in [2.75, 3.05) is 13.2 Å². The predicted octanol–water partition coefficient (Wildman–Crippen LogP) is 3.88. The monoisotopic (exact) mass is 455 g/mol. The molecule has 2 aliphatic heterocycles. The molecular weight excluding hydrogens is 430 g/mol. The number of imidazole rings is 1. The second-order valence-electron chi connectivity index (χ2n) is 8.67. The van der Waals surface area contributed by atoms with Crippen LogP contribution in [0.1, 0.15) is 17.0 Å². The SMILES string of the molecule is Cn1c(CN(Cc2ccc3c(c2)CCO3)C(=O)C2COc3ccccc3O2)nc2ccccc21. The summed E-state index contributed by atoms with van der Waals surface area (Å²) in [5, 5.41) is 0. The molecule has 2 aliphatic rings. The van der Waals surface area contributed by atoms with Gasteiger partial charge in [-0.05, 0) is 41.5 Å². The molecule has 0 saturated heterocycles. The van der Waals surface area contributed by atoms with Crippen LogP contribution in [-0.4, -0.2) is 39.7 Å². The van der Waals surface area contributed by atoms with Crippen molar-refractivity contribution < 1.29 is 19.0 Å². The van der Waals surface area contributed by atoms with Crippen molar-refractivity contribution in [3.63, 3.8) is 0 Å². The molecule has 3 aromatic carbocycles. The Kier molecular flexibility index (Phi) is 5.09. The molecule has 1 amide bonds. The van der Waals surface area contributed by atoms with Crippen LogP contribution in [0.15, 0.2) is 66.7 Å². The van der Waals surface area contributed by atoms with Crippen molar-refractivity contribution in [1.82, 2.24) is 14.5 Å². The van der Waals surface area contributed by atoms with Crippen LogP contribution < -0.4 is 14.2 Å². The van der Waals surface area contributed by atoms with E-state index in [0.717, 1.165) is 34.6 Å². The van der Waals surface area contributed by atoms with E-state index in [1.807, 2.05) is 72.3 Å². The number of nitrogens with zero attached hydrogens (tertiary/aromatic N) is 3. The minimum atomic E-state index is -0.720. The van der Waals surface area contributed by atoms with Gasteiger partial charge in [-0.25, -0.2) is 4.98 Å². The Bertz CT molecular complexity index is 1380. The highest BCUT2D eigenvalue weighted by atomic mass is 16.6. The lowest BCUT2D eigenvalue weighted by molar-refractivity contribution is -0.142. The van der Waals surface area contributed by atoms with Crippen LogP contribution in [0.4, 0.5) is 0 Å². The predicted molar refractivity (Wildman–Crippen MR) is 127 cm³/mol. The number of carbonyl (C=O) groups excluding carboxylic acids is 1. The summed E-state index contributed by atoms with van der Waals surface area (Å²) < 4.78 is 19.6. The van der Waals surface area contributed by atoms with Crippen LogP contribution in [0.5, 0.6) is 17.2 Å². The molecular formula is C27H25N3O4. The van der Waals surface area contributed by atoms with E-state index in [4.69, 9.17) is 19.2 Å². The third-order valence-electron chi connectivity index (χ3n) is 6.44. The summed E-state index contributed by atoms with van der Waals surface area (Å²) in [7, 11) is 1.98. The third kappa shape index (κ3) is 3.73. The summed E-state index contributed by atoms with van der Waals surface area (Å²) in [4.78, 5) is 20.3. The first-order valence-electron chi connectivity index (χ1n) is 11.5. The van der Waals surface area contributed by atoms with E-state index in [2.05, 4.69) is 6.07 Å². The van der Waals surface area contributed by atoms with Crippen LogP contribution in [0.25, 0.3) is 11.0 Å². The van der Waals surface area contributed by atoms with Gasteiger partial charge < -0.3 is 23.7 Å². The van der Waals surface area contributed by atoms with Crippen LogP contribution in [0.3, 0.4) is 0 Å². The van der Waals surface area contributed by atoms with Gasteiger partial charge in [-0.15, -0.1) is 0 Å². The topological polar surface area (TPSA) is 65.8 Å². The second-order valence-corrected chi connectivity index (χ2v) is 8.67. The number of benzene rings is 3. The highest BCUT2D eigenvalue weighted by Crippen LogP contribution is 2.32. The van der Waals surface area contributed by atoms with Crippen molar-refractivity contribution in [2.45, 2.75) is 25.6 Å². The fourth-order valence-electron chi connectivity index (χ4n) is 4.62. The quantitative estimate of drug-likeness (QED) is 0.457. The molecule has 0 saturated carbocycles. The molecule has 0 aliphatic carbocycles. The smallest absolute Gasteiger partial charge is 0.267 e. The number of aryl methyl sites for hydroxylation is 1. The summed E-state index contributed by atoms with van der Waals surface area (Å²) >= 11 is 0. The number of hydrogen-bond donors (Lipinski definition) is 0. The van der Waals surface area contributed by atoms with Crippen molar-refractivity contribution in [1.29, 1.82) is 0 Å². The number of amides is 1. The van der Waals surface area contributed by atoms with Crippen molar-refractivity contribution >= 4 is 16.9 Å². The van der Waals surface area contributed by atoms with Gasteiger partial charge in [0.15, 0.2) is 11.5 Å². The zero-order valence-corrected chi connectivity index (χ0v) is 18.9. The van der Waals surface area contributed by atoms with Gasteiger partial charge in [0, 0.05) is 20.0 Å². The van der Waals surface area contributed by atoms with Crippen molar-refractivity contribution in [2.24, 2.45) is 7.05 Å². The lowest BCUT2D eigenvalue weighted by Gasteiger charge is -2.30. The van der Waals surface area contributed by atoms with Gasteiger partial charge in [0.2, 0.25) is 6.10 Å². The number of ether oxygens (including phenoxy) is 3. The Hall–Kier alpha value is -4.00. The number of para-hydroxylation sites is 4. The zero-order valence-electron chi connectivity index (χ0n) is 18.9. The van der Waals surface area contributed by atoms with E-state index in [-0.39, 0.29) is 12.5 Å². The lowest BCUT2D eigenvalue weighted by atomic mass is 10.1. The maximum Gasteiger partial charge on any atom is 0.267 e. The molecule has 7 heteroatoms. The molecule has 1 atom stereocenters. The van der Waals surface area contributed by atoms with Crippen LogP contribution in [0, 0.1) is 0 Å². The number of fused-ring (bicyclic) bond motifs is 3. The van der Waals surface area contributed by atoms with Gasteiger partial charge in [0.1, 0.15) is 18.2 Å². The van der Waals surface area contributed by atoms with Gasteiger partial charge in [0.25, 0.3) is 5.91 Å². The summed E-state index contributed by atoms with van der Waals surface area (Å²) in [5.41, 5.74) is 4.17. The molecule has 0 radical (unpaired) electrons. The van der Waals surface area contributed by atoms with Gasteiger partial charge in [-0.3, -0.25) is 4.79 Å². The zero-order chi connectivity index (χ0) is 23.1. The molecule has 0 fully saturated rings. The fourth-order valence-corrected chi connectivity index (χ4v) is 4.62. The largest absolute Gasteiger partial charge is 0.493 e. The molecule has 6 rings (SSSR count).